The SMILES string of the molecule is Cc1cc(C)cc(NC(=S)N2[C@@H]3CCC[C@@H]2CC(NC(=O)C2CC2)C3)c1. The summed E-state index contributed by atoms with van der Waals surface area (Å²) < 4.78 is 0. The molecule has 4 rings (SSSR count). The Balaban J connectivity index is 1.43. The molecule has 0 spiro atoms. The van der Waals surface area contributed by atoms with E-state index in [4.69, 9.17) is 12.2 Å². The zero-order valence-corrected chi connectivity index (χ0v) is 16.6. The summed E-state index contributed by atoms with van der Waals surface area (Å²) in [6, 6.07) is 7.68. The lowest BCUT2D eigenvalue weighted by Gasteiger charge is -2.50. The predicted octanol–water partition coefficient (Wildman–Crippen LogP) is 3.91. The van der Waals surface area contributed by atoms with Gasteiger partial charge >= 0.3 is 0 Å². The van der Waals surface area contributed by atoms with E-state index in [0.29, 0.717) is 24.0 Å². The van der Waals surface area contributed by atoms with E-state index in [1.807, 2.05) is 0 Å². The molecule has 2 aliphatic heterocycles. The number of rotatable bonds is 3. The Kier molecular flexibility index (Phi) is 4.91. The minimum absolute atomic E-state index is 0.275. The molecule has 1 aromatic carbocycles. The number of benzene rings is 1. The average molecular weight is 372 g/mol. The number of hydrogen-bond acceptors (Lipinski definition) is 2. The second-order valence-electron chi connectivity index (χ2n) is 8.40. The molecular weight excluding hydrogens is 342 g/mol. The Morgan fingerprint density at radius 3 is 2.23 bits per heavy atom. The number of carbonyl (C=O) groups excluding carboxylic acids is 1. The maximum atomic E-state index is 12.2. The van der Waals surface area contributed by atoms with Crippen LogP contribution < -0.4 is 10.6 Å². The van der Waals surface area contributed by atoms with Crippen LogP contribution in [-0.2, 0) is 4.79 Å². The van der Waals surface area contributed by atoms with E-state index in [1.54, 1.807) is 0 Å². The fourth-order valence-electron chi connectivity index (χ4n) is 4.73. The largest absolute Gasteiger partial charge is 0.353 e. The van der Waals surface area contributed by atoms with Gasteiger partial charge in [0.1, 0.15) is 0 Å². The van der Waals surface area contributed by atoms with Gasteiger partial charge in [0.25, 0.3) is 0 Å². The van der Waals surface area contributed by atoms with E-state index in [9.17, 15) is 4.79 Å². The van der Waals surface area contributed by atoms with Gasteiger partial charge < -0.3 is 15.5 Å². The first kappa shape index (κ1) is 17.8. The van der Waals surface area contributed by atoms with E-state index >= 15 is 0 Å². The number of carbonyl (C=O) groups is 1. The summed E-state index contributed by atoms with van der Waals surface area (Å²) in [5.41, 5.74) is 3.57. The van der Waals surface area contributed by atoms with Crippen molar-refractivity contribution in [2.45, 2.75) is 76.9 Å². The van der Waals surface area contributed by atoms with Gasteiger partial charge in [-0.05, 0) is 94.3 Å². The first-order valence-corrected chi connectivity index (χ1v) is 10.4. The lowest BCUT2D eigenvalue weighted by molar-refractivity contribution is -0.123. The molecule has 2 saturated heterocycles. The number of anilines is 1. The molecular formula is C21H29N3OS. The number of piperidine rings is 2. The van der Waals surface area contributed by atoms with Crippen LogP contribution in [0, 0.1) is 19.8 Å². The summed E-state index contributed by atoms with van der Waals surface area (Å²) in [6.45, 7) is 4.23. The maximum absolute atomic E-state index is 12.2. The molecule has 3 fully saturated rings. The molecule has 2 bridgehead atoms. The van der Waals surface area contributed by atoms with Crippen LogP contribution in [0.15, 0.2) is 18.2 Å². The fourth-order valence-corrected chi connectivity index (χ4v) is 5.15. The van der Waals surface area contributed by atoms with Gasteiger partial charge in [-0.3, -0.25) is 4.79 Å². The van der Waals surface area contributed by atoms with Gasteiger partial charge in [-0.2, -0.15) is 0 Å². The van der Waals surface area contributed by atoms with Crippen LogP contribution in [0.4, 0.5) is 5.69 Å². The van der Waals surface area contributed by atoms with E-state index in [2.05, 4.69) is 47.6 Å². The van der Waals surface area contributed by atoms with E-state index < -0.39 is 0 Å². The van der Waals surface area contributed by atoms with Crippen molar-refractivity contribution in [2.24, 2.45) is 5.92 Å². The van der Waals surface area contributed by atoms with Crippen molar-refractivity contribution >= 4 is 28.9 Å². The van der Waals surface area contributed by atoms with E-state index in [1.165, 1.54) is 30.4 Å². The second-order valence-corrected chi connectivity index (χ2v) is 8.79. The van der Waals surface area contributed by atoms with Crippen molar-refractivity contribution < 1.29 is 4.79 Å². The third-order valence-electron chi connectivity index (χ3n) is 5.98. The van der Waals surface area contributed by atoms with Crippen LogP contribution in [0.3, 0.4) is 0 Å². The van der Waals surface area contributed by atoms with Crippen molar-refractivity contribution in [2.75, 3.05) is 5.32 Å². The summed E-state index contributed by atoms with van der Waals surface area (Å²) in [4.78, 5) is 14.6. The Morgan fingerprint density at radius 2 is 1.65 bits per heavy atom. The molecule has 2 heterocycles. The number of nitrogens with zero attached hydrogens (tertiary/aromatic N) is 1. The first-order valence-electron chi connectivity index (χ1n) is 9.97. The highest BCUT2D eigenvalue weighted by atomic mass is 32.1. The molecule has 26 heavy (non-hydrogen) atoms. The lowest BCUT2D eigenvalue weighted by atomic mass is 9.82. The van der Waals surface area contributed by atoms with Gasteiger partial charge in [0, 0.05) is 29.7 Å². The molecule has 2 atom stereocenters. The molecule has 3 aliphatic rings. The van der Waals surface area contributed by atoms with Crippen molar-refractivity contribution in [1.29, 1.82) is 0 Å². The van der Waals surface area contributed by atoms with Crippen LogP contribution in [0.1, 0.15) is 56.1 Å². The van der Waals surface area contributed by atoms with Crippen LogP contribution in [0.2, 0.25) is 0 Å². The van der Waals surface area contributed by atoms with Crippen LogP contribution in [0.5, 0.6) is 0 Å². The average Bonchev–Trinajstić information content (AvgIpc) is 3.37. The lowest BCUT2D eigenvalue weighted by Crippen LogP contribution is -2.59. The Hall–Kier alpha value is -1.62. The predicted molar refractivity (Wildman–Crippen MR) is 109 cm³/mol. The summed E-state index contributed by atoms with van der Waals surface area (Å²) in [5, 5.41) is 7.62. The fraction of sp³-hybridized carbons (Fsp3) is 0.619. The Morgan fingerprint density at radius 1 is 1.04 bits per heavy atom. The molecule has 0 unspecified atom stereocenters. The number of aryl methyl sites for hydroxylation is 2. The van der Waals surface area contributed by atoms with Crippen molar-refractivity contribution in [3.8, 4) is 0 Å². The number of thiocarbonyl (C=S) groups is 1. The van der Waals surface area contributed by atoms with Crippen LogP contribution >= 0.6 is 12.2 Å². The van der Waals surface area contributed by atoms with Crippen LogP contribution in [0.25, 0.3) is 0 Å². The quantitative estimate of drug-likeness (QED) is 0.791. The van der Waals surface area contributed by atoms with Gasteiger partial charge in [-0.15, -0.1) is 0 Å². The number of nitrogens with one attached hydrogen (secondary N) is 2. The molecule has 1 aliphatic carbocycles. The van der Waals surface area contributed by atoms with E-state index in [-0.39, 0.29) is 5.91 Å². The molecule has 5 heteroatoms. The molecule has 4 nitrogen and oxygen atoms in total. The molecule has 0 radical (unpaired) electrons. The van der Waals surface area contributed by atoms with Crippen molar-refractivity contribution in [3.05, 3.63) is 29.3 Å². The highest BCUT2D eigenvalue weighted by molar-refractivity contribution is 7.80. The molecule has 2 N–H and O–H groups in total. The second kappa shape index (κ2) is 7.18. The van der Waals surface area contributed by atoms with Gasteiger partial charge in [0.15, 0.2) is 5.11 Å². The summed E-state index contributed by atoms with van der Waals surface area (Å²) in [7, 11) is 0. The summed E-state index contributed by atoms with van der Waals surface area (Å²) in [5.74, 6) is 0.567. The highest BCUT2D eigenvalue weighted by Crippen LogP contribution is 2.36. The number of fused-ring (bicyclic) bond motifs is 2. The highest BCUT2D eigenvalue weighted by Gasteiger charge is 2.41. The number of amides is 1. The number of hydrogen-bond donors (Lipinski definition) is 2. The maximum Gasteiger partial charge on any atom is 0.223 e. The first-order chi connectivity index (χ1) is 12.5. The standard InChI is InChI=1S/C21H29N3OS/c1-13-8-14(2)10-16(9-13)23-21(26)24-18-4-3-5-19(24)12-17(11-18)22-20(25)15-6-7-15/h8-10,15,17-19H,3-7,11-12H2,1-2H3,(H,22,25)(H,23,26)/t18-,19-/m1/s1. The van der Waals surface area contributed by atoms with Gasteiger partial charge in [-0.1, -0.05) is 6.07 Å². The zero-order valence-electron chi connectivity index (χ0n) is 15.8. The Labute approximate surface area is 161 Å². The van der Waals surface area contributed by atoms with Gasteiger partial charge in [-0.25, -0.2) is 0 Å². The normalized spacial score (nSPS) is 27.8. The third kappa shape index (κ3) is 3.88. The van der Waals surface area contributed by atoms with Gasteiger partial charge in [0.2, 0.25) is 5.91 Å². The van der Waals surface area contributed by atoms with Gasteiger partial charge in [0.05, 0.1) is 0 Å². The molecule has 1 saturated carbocycles. The molecule has 140 valence electrons. The Bertz CT molecular complexity index is 681. The summed E-state index contributed by atoms with van der Waals surface area (Å²) >= 11 is 5.80. The van der Waals surface area contributed by atoms with Crippen LogP contribution in [-0.4, -0.2) is 34.0 Å². The monoisotopic (exact) mass is 371 g/mol. The third-order valence-corrected chi connectivity index (χ3v) is 6.29. The van der Waals surface area contributed by atoms with Crippen molar-refractivity contribution in [3.63, 3.8) is 0 Å². The zero-order chi connectivity index (χ0) is 18.3. The molecule has 1 aromatic rings. The minimum Gasteiger partial charge on any atom is -0.353 e. The minimum atomic E-state index is 0.275. The smallest absolute Gasteiger partial charge is 0.223 e. The topological polar surface area (TPSA) is 44.4 Å². The van der Waals surface area contributed by atoms with E-state index in [0.717, 1.165) is 36.5 Å². The van der Waals surface area contributed by atoms with Crippen molar-refractivity contribution in [1.82, 2.24) is 10.2 Å². The summed E-state index contributed by atoms with van der Waals surface area (Å²) in [6.07, 6.45) is 7.78. The molecule has 1 amide bonds. The molecule has 0 aromatic heterocycles.